The van der Waals surface area contributed by atoms with Crippen LogP contribution in [0.1, 0.15) is 0 Å². The van der Waals surface area contributed by atoms with Crippen molar-refractivity contribution >= 4 is 37.8 Å². The van der Waals surface area contributed by atoms with E-state index in [0.717, 1.165) is 31.9 Å². The number of oxazole rings is 1. The van der Waals surface area contributed by atoms with E-state index in [-0.39, 0.29) is 0 Å². The van der Waals surface area contributed by atoms with Gasteiger partial charge in [0.25, 0.3) is 0 Å². The highest BCUT2D eigenvalue weighted by atomic mass is 79.9. The molecular formula is C17H10BrNO. The van der Waals surface area contributed by atoms with Crippen LogP contribution in [0.15, 0.2) is 69.6 Å². The van der Waals surface area contributed by atoms with Crippen LogP contribution in [0.4, 0.5) is 0 Å². The Morgan fingerprint density at radius 2 is 1.75 bits per heavy atom. The van der Waals surface area contributed by atoms with Crippen LogP contribution < -0.4 is 0 Å². The molecule has 0 radical (unpaired) electrons. The quantitative estimate of drug-likeness (QED) is 0.468. The Labute approximate surface area is 124 Å². The molecule has 1 heterocycles. The van der Waals surface area contributed by atoms with E-state index in [1.807, 2.05) is 48.5 Å². The van der Waals surface area contributed by atoms with Crippen molar-refractivity contribution < 1.29 is 4.42 Å². The molecule has 4 rings (SSSR count). The monoisotopic (exact) mass is 323 g/mol. The lowest BCUT2D eigenvalue weighted by atomic mass is 10.1. The number of hydrogen-bond donors (Lipinski definition) is 0. The molecule has 0 saturated heterocycles. The first-order chi connectivity index (χ1) is 9.81. The largest absolute Gasteiger partial charge is 0.436 e. The zero-order chi connectivity index (χ0) is 13.5. The summed E-state index contributed by atoms with van der Waals surface area (Å²) < 4.78 is 6.95. The average molecular weight is 324 g/mol. The van der Waals surface area contributed by atoms with E-state index in [0.29, 0.717) is 5.89 Å². The Morgan fingerprint density at radius 3 is 2.60 bits per heavy atom. The Hall–Kier alpha value is -2.13. The molecule has 0 N–H and O–H groups in total. The van der Waals surface area contributed by atoms with Crippen molar-refractivity contribution in [2.24, 2.45) is 0 Å². The molecule has 96 valence electrons. The van der Waals surface area contributed by atoms with Crippen molar-refractivity contribution in [2.45, 2.75) is 0 Å². The molecule has 2 nitrogen and oxygen atoms in total. The molecule has 0 aliphatic rings. The minimum atomic E-state index is 0.659. The third-order valence-electron chi connectivity index (χ3n) is 3.36. The maximum Gasteiger partial charge on any atom is 0.227 e. The van der Waals surface area contributed by atoms with Gasteiger partial charge in [-0.3, -0.25) is 0 Å². The summed E-state index contributed by atoms with van der Waals surface area (Å²) in [6, 6.07) is 20.2. The molecule has 0 bridgehead atoms. The van der Waals surface area contributed by atoms with Crippen molar-refractivity contribution in [2.75, 3.05) is 0 Å². The zero-order valence-corrected chi connectivity index (χ0v) is 12.1. The summed E-state index contributed by atoms with van der Waals surface area (Å²) in [5.41, 5.74) is 2.68. The van der Waals surface area contributed by atoms with E-state index in [2.05, 4.69) is 33.0 Å². The summed E-state index contributed by atoms with van der Waals surface area (Å²) in [5.74, 6) is 0.659. The summed E-state index contributed by atoms with van der Waals surface area (Å²) in [7, 11) is 0. The number of nitrogens with zero attached hydrogens (tertiary/aromatic N) is 1. The molecule has 1 aromatic heterocycles. The van der Waals surface area contributed by atoms with Gasteiger partial charge in [0.15, 0.2) is 5.58 Å². The Balaban J connectivity index is 2.00. The van der Waals surface area contributed by atoms with Crippen LogP contribution in [0.5, 0.6) is 0 Å². The van der Waals surface area contributed by atoms with Crippen molar-refractivity contribution in [1.82, 2.24) is 4.98 Å². The van der Waals surface area contributed by atoms with Gasteiger partial charge in [0.2, 0.25) is 5.89 Å². The first-order valence-electron chi connectivity index (χ1n) is 6.35. The van der Waals surface area contributed by atoms with E-state index in [1.165, 1.54) is 0 Å². The maximum absolute atomic E-state index is 5.89. The molecule has 4 aromatic rings. The van der Waals surface area contributed by atoms with Gasteiger partial charge in [-0.15, -0.1) is 0 Å². The van der Waals surface area contributed by atoms with E-state index in [9.17, 15) is 0 Å². The molecule has 0 aliphatic carbocycles. The van der Waals surface area contributed by atoms with Crippen LogP contribution in [0.25, 0.3) is 33.3 Å². The number of benzene rings is 3. The van der Waals surface area contributed by atoms with E-state index >= 15 is 0 Å². The fraction of sp³-hybridized carbons (Fsp3) is 0. The SMILES string of the molecule is Brc1cccc2cc3nc(-c4ccccc4)oc3cc12. The van der Waals surface area contributed by atoms with Gasteiger partial charge >= 0.3 is 0 Å². The smallest absolute Gasteiger partial charge is 0.227 e. The van der Waals surface area contributed by atoms with Gasteiger partial charge < -0.3 is 4.42 Å². The topological polar surface area (TPSA) is 26.0 Å². The molecule has 20 heavy (non-hydrogen) atoms. The van der Waals surface area contributed by atoms with Gasteiger partial charge in [0, 0.05) is 10.0 Å². The van der Waals surface area contributed by atoms with Crippen molar-refractivity contribution in [3.05, 3.63) is 65.1 Å². The first kappa shape index (κ1) is 11.7. The molecular weight excluding hydrogens is 314 g/mol. The number of fused-ring (bicyclic) bond motifs is 2. The fourth-order valence-electron chi connectivity index (χ4n) is 2.37. The second-order valence-electron chi connectivity index (χ2n) is 4.67. The number of aromatic nitrogens is 1. The van der Waals surface area contributed by atoms with Crippen molar-refractivity contribution in [3.63, 3.8) is 0 Å². The maximum atomic E-state index is 5.89. The van der Waals surface area contributed by atoms with Crippen LogP contribution >= 0.6 is 15.9 Å². The molecule has 0 fully saturated rings. The van der Waals surface area contributed by atoms with Crippen LogP contribution in [-0.4, -0.2) is 4.98 Å². The van der Waals surface area contributed by atoms with Crippen LogP contribution in [0.3, 0.4) is 0 Å². The van der Waals surface area contributed by atoms with E-state index < -0.39 is 0 Å². The number of hydrogen-bond acceptors (Lipinski definition) is 2. The minimum absolute atomic E-state index is 0.659. The second kappa shape index (κ2) is 4.46. The molecule has 0 atom stereocenters. The minimum Gasteiger partial charge on any atom is -0.436 e. The summed E-state index contributed by atoms with van der Waals surface area (Å²) in [6.45, 7) is 0. The molecule has 0 aliphatic heterocycles. The first-order valence-corrected chi connectivity index (χ1v) is 7.15. The van der Waals surface area contributed by atoms with Crippen molar-refractivity contribution in [3.8, 4) is 11.5 Å². The van der Waals surface area contributed by atoms with Gasteiger partial charge in [0.05, 0.1) is 0 Å². The molecule has 3 aromatic carbocycles. The molecule has 0 saturated carbocycles. The normalized spacial score (nSPS) is 11.2. The Kier molecular flexibility index (Phi) is 2.60. The second-order valence-corrected chi connectivity index (χ2v) is 5.52. The summed E-state index contributed by atoms with van der Waals surface area (Å²) >= 11 is 3.57. The standard InChI is InChI=1S/C17H10BrNO/c18-14-8-4-7-12-9-15-16(10-13(12)14)20-17(19-15)11-5-2-1-3-6-11/h1-10H. The van der Waals surface area contributed by atoms with Gasteiger partial charge in [-0.05, 0) is 41.1 Å². The fourth-order valence-corrected chi connectivity index (χ4v) is 2.86. The van der Waals surface area contributed by atoms with Crippen molar-refractivity contribution in [1.29, 1.82) is 0 Å². The lowest BCUT2D eigenvalue weighted by Crippen LogP contribution is -1.76. The zero-order valence-electron chi connectivity index (χ0n) is 10.5. The highest BCUT2D eigenvalue weighted by Crippen LogP contribution is 2.31. The van der Waals surface area contributed by atoms with Gasteiger partial charge in [0.1, 0.15) is 5.52 Å². The summed E-state index contributed by atoms with van der Waals surface area (Å²) in [5, 5.41) is 2.29. The van der Waals surface area contributed by atoms with Gasteiger partial charge in [-0.25, -0.2) is 4.98 Å². The predicted octanol–water partition coefficient (Wildman–Crippen LogP) is 5.41. The Bertz CT molecular complexity index is 912. The molecule has 0 spiro atoms. The molecule has 0 unspecified atom stereocenters. The number of rotatable bonds is 1. The van der Waals surface area contributed by atoms with Crippen LogP contribution in [-0.2, 0) is 0 Å². The third-order valence-corrected chi connectivity index (χ3v) is 4.05. The lowest BCUT2D eigenvalue weighted by Gasteiger charge is -1.99. The summed E-state index contributed by atoms with van der Waals surface area (Å²) in [6.07, 6.45) is 0. The van der Waals surface area contributed by atoms with Gasteiger partial charge in [-0.1, -0.05) is 46.3 Å². The summed E-state index contributed by atoms with van der Waals surface area (Å²) in [4.78, 5) is 4.58. The van der Waals surface area contributed by atoms with Crippen LogP contribution in [0.2, 0.25) is 0 Å². The van der Waals surface area contributed by atoms with E-state index in [1.54, 1.807) is 0 Å². The Morgan fingerprint density at radius 1 is 0.900 bits per heavy atom. The number of halogens is 1. The van der Waals surface area contributed by atoms with E-state index in [4.69, 9.17) is 4.42 Å². The third kappa shape index (κ3) is 1.82. The predicted molar refractivity (Wildman–Crippen MR) is 84.7 cm³/mol. The lowest BCUT2D eigenvalue weighted by molar-refractivity contribution is 0.620. The van der Waals surface area contributed by atoms with Crippen LogP contribution in [0, 0.1) is 0 Å². The molecule has 0 amide bonds. The average Bonchev–Trinajstić information content (AvgIpc) is 2.90. The highest BCUT2D eigenvalue weighted by Gasteiger charge is 2.09. The van der Waals surface area contributed by atoms with Gasteiger partial charge in [-0.2, -0.15) is 0 Å². The molecule has 3 heteroatoms. The highest BCUT2D eigenvalue weighted by molar-refractivity contribution is 9.10.